The minimum atomic E-state index is -0.550. The number of methoxy groups -OCH3 is 1. The van der Waals surface area contributed by atoms with Crippen molar-refractivity contribution >= 4 is 17.2 Å². The molecule has 0 saturated carbocycles. The summed E-state index contributed by atoms with van der Waals surface area (Å²) < 4.78 is 4.94. The van der Waals surface area contributed by atoms with E-state index < -0.39 is 6.10 Å². The lowest BCUT2D eigenvalue weighted by atomic mass is 10.3. The molecule has 1 heterocycles. The molecule has 1 aromatic rings. The van der Waals surface area contributed by atoms with Gasteiger partial charge in [-0.05, 0) is 18.6 Å². The number of carbonyl (C=O) groups is 1. The molecule has 5 heteroatoms. The van der Waals surface area contributed by atoms with Crippen LogP contribution < -0.4 is 11.1 Å². The fourth-order valence-corrected chi connectivity index (χ4v) is 2.20. The summed E-state index contributed by atoms with van der Waals surface area (Å²) in [4.78, 5) is 14.0. The lowest BCUT2D eigenvalue weighted by Gasteiger charge is -2.12. The summed E-state index contributed by atoms with van der Waals surface area (Å²) in [7, 11) is 1.48. The summed E-state index contributed by atoms with van der Waals surface area (Å²) in [6, 6.07) is 4.12. The Morgan fingerprint density at radius 3 is 2.75 bits per heavy atom. The van der Waals surface area contributed by atoms with Crippen molar-refractivity contribution < 1.29 is 9.53 Å². The molecule has 0 spiro atoms. The lowest BCUT2D eigenvalue weighted by Crippen LogP contribution is -2.40. The molecule has 1 amide bonds. The van der Waals surface area contributed by atoms with Gasteiger partial charge in [0.2, 0.25) is 0 Å². The summed E-state index contributed by atoms with van der Waals surface area (Å²) in [6.45, 7) is 2.86. The molecule has 1 aromatic heterocycles. The molecule has 0 aliphatic carbocycles. The number of hydrogen-bond donors (Lipinski definition) is 2. The number of aryl methyl sites for hydroxylation is 1. The molecular formula is C11H18N2O2S. The number of ether oxygens (including phenoxy) is 1. The summed E-state index contributed by atoms with van der Waals surface area (Å²) in [5.74, 6) is -0.156. The van der Waals surface area contributed by atoms with Gasteiger partial charge in [-0.25, -0.2) is 0 Å². The molecule has 1 unspecified atom stereocenters. The van der Waals surface area contributed by atoms with Gasteiger partial charge in [0.15, 0.2) is 0 Å². The molecule has 0 aromatic carbocycles. The Bertz CT molecular complexity index is 334. The maximum Gasteiger partial charge on any atom is 0.250 e. The average Bonchev–Trinajstić information content (AvgIpc) is 2.76. The van der Waals surface area contributed by atoms with Crippen molar-refractivity contribution in [2.75, 3.05) is 13.7 Å². The minimum absolute atomic E-state index is 0.156. The molecule has 0 fully saturated rings. The van der Waals surface area contributed by atoms with Crippen LogP contribution in [0.15, 0.2) is 12.1 Å². The monoisotopic (exact) mass is 242 g/mol. The average molecular weight is 242 g/mol. The number of nitrogens with one attached hydrogen (secondary N) is 1. The van der Waals surface area contributed by atoms with E-state index in [1.807, 2.05) is 6.07 Å². The fourth-order valence-electron chi connectivity index (χ4n) is 1.31. The second kappa shape index (κ2) is 6.62. The molecular weight excluding hydrogens is 224 g/mol. The van der Waals surface area contributed by atoms with Gasteiger partial charge in [0, 0.05) is 23.4 Å². The lowest BCUT2D eigenvalue weighted by molar-refractivity contribution is -0.130. The first-order valence-corrected chi connectivity index (χ1v) is 6.11. The molecule has 16 heavy (non-hydrogen) atoms. The molecule has 0 radical (unpaired) electrons. The molecule has 0 aliphatic heterocycles. The van der Waals surface area contributed by atoms with Gasteiger partial charge < -0.3 is 15.8 Å². The van der Waals surface area contributed by atoms with Crippen LogP contribution in [0.1, 0.15) is 16.7 Å². The van der Waals surface area contributed by atoms with E-state index in [9.17, 15) is 4.79 Å². The maximum absolute atomic E-state index is 11.5. The third kappa shape index (κ3) is 3.59. The smallest absolute Gasteiger partial charge is 0.250 e. The highest BCUT2D eigenvalue weighted by molar-refractivity contribution is 7.11. The van der Waals surface area contributed by atoms with Crippen LogP contribution in [0.5, 0.6) is 0 Å². The van der Waals surface area contributed by atoms with E-state index in [2.05, 4.69) is 18.3 Å². The van der Waals surface area contributed by atoms with Crippen LogP contribution in [0.25, 0.3) is 0 Å². The zero-order valence-electron chi connectivity index (χ0n) is 9.66. The van der Waals surface area contributed by atoms with Crippen LogP contribution in [0.4, 0.5) is 0 Å². The maximum atomic E-state index is 11.5. The summed E-state index contributed by atoms with van der Waals surface area (Å²) in [5.41, 5.74) is 5.40. The van der Waals surface area contributed by atoms with Crippen molar-refractivity contribution in [1.29, 1.82) is 0 Å². The third-order valence-corrected chi connectivity index (χ3v) is 3.52. The predicted octanol–water partition coefficient (Wildman–Crippen LogP) is 0.900. The van der Waals surface area contributed by atoms with Crippen LogP contribution in [0.3, 0.4) is 0 Å². The topological polar surface area (TPSA) is 64.4 Å². The normalized spacial score (nSPS) is 12.4. The van der Waals surface area contributed by atoms with Crippen molar-refractivity contribution in [2.45, 2.75) is 26.0 Å². The standard InChI is InChI=1S/C11H18N2O2S/c1-3-8-4-5-9(16-8)7-13-11(14)10(6-12)15-2/h4-5,10H,3,6-7,12H2,1-2H3,(H,13,14). The second-order valence-electron chi connectivity index (χ2n) is 3.40. The third-order valence-electron chi connectivity index (χ3n) is 2.29. The molecule has 3 N–H and O–H groups in total. The number of rotatable bonds is 6. The van der Waals surface area contributed by atoms with Crippen molar-refractivity contribution in [1.82, 2.24) is 5.32 Å². The van der Waals surface area contributed by atoms with Crippen LogP contribution in [-0.4, -0.2) is 25.7 Å². The fraction of sp³-hybridized carbons (Fsp3) is 0.545. The van der Waals surface area contributed by atoms with Gasteiger partial charge in [-0.2, -0.15) is 0 Å². The molecule has 1 atom stereocenters. The van der Waals surface area contributed by atoms with Gasteiger partial charge >= 0.3 is 0 Å². The highest BCUT2D eigenvalue weighted by atomic mass is 32.1. The van der Waals surface area contributed by atoms with E-state index in [0.717, 1.165) is 11.3 Å². The van der Waals surface area contributed by atoms with Crippen molar-refractivity contribution in [3.63, 3.8) is 0 Å². The van der Waals surface area contributed by atoms with E-state index in [1.165, 1.54) is 12.0 Å². The second-order valence-corrected chi connectivity index (χ2v) is 4.65. The van der Waals surface area contributed by atoms with Crippen molar-refractivity contribution in [2.24, 2.45) is 5.73 Å². The van der Waals surface area contributed by atoms with E-state index in [-0.39, 0.29) is 12.5 Å². The Morgan fingerprint density at radius 2 is 2.25 bits per heavy atom. The highest BCUT2D eigenvalue weighted by Gasteiger charge is 2.14. The first-order chi connectivity index (χ1) is 7.71. The zero-order valence-corrected chi connectivity index (χ0v) is 10.5. The van der Waals surface area contributed by atoms with Crippen LogP contribution >= 0.6 is 11.3 Å². The van der Waals surface area contributed by atoms with E-state index in [0.29, 0.717) is 6.54 Å². The Balaban J connectivity index is 2.41. The van der Waals surface area contributed by atoms with Crippen LogP contribution in [-0.2, 0) is 22.5 Å². The molecule has 0 bridgehead atoms. The Morgan fingerprint density at radius 1 is 1.56 bits per heavy atom. The number of hydrogen-bond acceptors (Lipinski definition) is 4. The molecule has 4 nitrogen and oxygen atoms in total. The van der Waals surface area contributed by atoms with Gasteiger partial charge in [0.05, 0.1) is 6.54 Å². The molecule has 90 valence electrons. The van der Waals surface area contributed by atoms with Crippen LogP contribution in [0.2, 0.25) is 0 Å². The van der Waals surface area contributed by atoms with Gasteiger partial charge in [-0.3, -0.25) is 4.79 Å². The van der Waals surface area contributed by atoms with Gasteiger partial charge in [-0.1, -0.05) is 6.92 Å². The first-order valence-electron chi connectivity index (χ1n) is 5.29. The summed E-state index contributed by atoms with van der Waals surface area (Å²) in [5, 5.41) is 2.80. The minimum Gasteiger partial charge on any atom is -0.370 e. The number of carbonyl (C=O) groups excluding carboxylic acids is 1. The molecule has 0 aliphatic rings. The number of nitrogens with two attached hydrogens (primary N) is 1. The van der Waals surface area contributed by atoms with Gasteiger partial charge in [0.25, 0.3) is 5.91 Å². The molecule has 0 saturated heterocycles. The zero-order chi connectivity index (χ0) is 12.0. The van der Waals surface area contributed by atoms with Crippen LogP contribution in [0, 0.1) is 0 Å². The summed E-state index contributed by atoms with van der Waals surface area (Å²) in [6.07, 6.45) is 0.480. The number of amides is 1. The van der Waals surface area contributed by atoms with E-state index in [4.69, 9.17) is 10.5 Å². The Kier molecular flexibility index (Phi) is 5.45. The van der Waals surface area contributed by atoms with Gasteiger partial charge in [0.1, 0.15) is 6.10 Å². The summed E-state index contributed by atoms with van der Waals surface area (Å²) >= 11 is 1.71. The Labute approximate surface area is 99.8 Å². The highest BCUT2D eigenvalue weighted by Crippen LogP contribution is 2.16. The first kappa shape index (κ1) is 13.2. The Hall–Kier alpha value is -0.910. The largest absolute Gasteiger partial charge is 0.370 e. The SMILES string of the molecule is CCc1ccc(CNC(=O)C(CN)OC)s1. The quantitative estimate of drug-likeness (QED) is 0.779. The van der Waals surface area contributed by atoms with E-state index in [1.54, 1.807) is 11.3 Å². The number of thiophene rings is 1. The molecule has 1 rings (SSSR count). The van der Waals surface area contributed by atoms with Crippen molar-refractivity contribution in [3.05, 3.63) is 21.9 Å². The van der Waals surface area contributed by atoms with E-state index >= 15 is 0 Å². The van der Waals surface area contributed by atoms with Crippen molar-refractivity contribution in [3.8, 4) is 0 Å². The predicted molar refractivity (Wildman–Crippen MR) is 65.4 cm³/mol. The van der Waals surface area contributed by atoms with Gasteiger partial charge in [-0.15, -0.1) is 11.3 Å².